The van der Waals surface area contributed by atoms with E-state index in [0.717, 1.165) is 12.0 Å². The van der Waals surface area contributed by atoms with Crippen molar-refractivity contribution >= 4 is 16.7 Å². The van der Waals surface area contributed by atoms with Crippen LogP contribution in [0.2, 0.25) is 0 Å². The zero-order valence-electron chi connectivity index (χ0n) is 16.4. The summed E-state index contributed by atoms with van der Waals surface area (Å²) in [5, 5.41) is 6.72. The first-order valence-corrected chi connectivity index (χ1v) is 10.7. The van der Waals surface area contributed by atoms with Crippen LogP contribution in [0, 0.1) is 6.92 Å². The summed E-state index contributed by atoms with van der Waals surface area (Å²) in [4.78, 5) is 16.3. The van der Waals surface area contributed by atoms with E-state index in [2.05, 4.69) is 15.5 Å². The lowest BCUT2D eigenvalue weighted by atomic mass is 10.1. The smallest absolute Gasteiger partial charge is 0.239 e. The Morgan fingerprint density at radius 3 is 2.83 bits per heavy atom. The molecule has 0 saturated carbocycles. The van der Waals surface area contributed by atoms with Crippen LogP contribution < -0.4 is 10.1 Å². The van der Waals surface area contributed by atoms with Crippen molar-refractivity contribution in [2.75, 3.05) is 19.4 Å². The maximum atomic E-state index is 12.3. The molecule has 0 aliphatic rings. The molecule has 152 valence electrons. The van der Waals surface area contributed by atoms with Gasteiger partial charge in [-0.05, 0) is 36.6 Å². The van der Waals surface area contributed by atoms with Crippen molar-refractivity contribution in [3.05, 3.63) is 65.5 Å². The van der Waals surface area contributed by atoms with Crippen molar-refractivity contribution in [2.24, 2.45) is 0 Å². The Labute approximate surface area is 171 Å². The molecular formula is C21H23N3O4S. The summed E-state index contributed by atoms with van der Waals surface area (Å²) < 4.78 is 22.6. The topological polar surface area (TPSA) is 94.3 Å². The van der Waals surface area contributed by atoms with Gasteiger partial charge in [0, 0.05) is 22.9 Å². The van der Waals surface area contributed by atoms with E-state index in [9.17, 15) is 9.00 Å². The van der Waals surface area contributed by atoms with Gasteiger partial charge in [-0.15, -0.1) is 0 Å². The summed E-state index contributed by atoms with van der Waals surface area (Å²) in [6, 6.07) is 15.3. The van der Waals surface area contributed by atoms with Crippen LogP contribution in [-0.2, 0) is 27.8 Å². The Bertz CT molecular complexity index is 1000. The quantitative estimate of drug-likeness (QED) is 0.580. The molecule has 29 heavy (non-hydrogen) atoms. The van der Waals surface area contributed by atoms with Gasteiger partial charge in [0.15, 0.2) is 0 Å². The zero-order valence-corrected chi connectivity index (χ0v) is 17.2. The van der Waals surface area contributed by atoms with E-state index in [1.165, 1.54) is 11.1 Å². The van der Waals surface area contributed by atoms with Gasteiger partial charge in [-0.2, -0.15) is 4.98 Å². The molecule has 7 nitrogen and oxygen atoms in total. The number of rotatable bonds is 9. The maximum Gasteiger partial charge on any atom is 0.239 e. The number of benzene rings is 2. The molecule has 3 aromatic rings. The summed E-state index contributed by atoms with van der Waals surface area (Å²) in [6.07, 6.45) is 0.735. The van der Waals surface area contributed by atoms with Crippen molar-refractivity contribution in [1.82, 2.24) is 15.5 Å². The zero-order chi connectivity index (χ0) is 20.6. The average molecular weight is 413 g/mol. The van der Waals surface area contributed by atoms with Crippen LogP contribution in [0.15, 0.2) is 53.1 Å². The molecule has 0 saturated heterocycles. The summed E-state index contributed by atoms with van der Waals surface area (Å²) in [7, 11) is 0.144. The predicted molar refractivity (Wildman–Crippen MR) is 111 cm³/mol. The highest BCUT2D eigenvalue weighted by Gasteiger charge is 2.15. The standard InChI is InChI=1S/C21H23N3O4S/c1-15-6-3-4-7-16(15)10-11-22-19(25)13-29(26)14-20-23-21(24-28-20)17-8-5-9-18(12-17)27-2/h3-9,12H,10-11,13-14H2,1-2H3,(H,22,25). The third kappa shape index (κ3) is 5.99. The van der Waals surface area contributed by atoms with Crippen molar-refractivity contribution < 1.29 is 18.3 Å². The molecule has 1 heterocycles. The van der Waals surface area contributed by atoms with Crippen LogP contribution in [0.1, 0.15) is 17.0 Å². The summed E-state index contributed by atoms with van der Waals surface area (Å²) in [6.45, 7) is 2.54. The first-order chi connectivity index (χ1) is 14.0. The van der Waals surface area contributed by atoms with Gasteiger partial charge in [0.2, 0.25) is 17.6 Å². The van der Waals surface area contributed by atoms with Crippen LogP contribution in [-0.4, -0.2) is 39.7 Å². The van der Waals surface area contributed by atoms with Crippen LogP contribution >= 0.6 is 0 Å². The highest BCUT2D eigenvalue weighted by molar-refractivity contribution is 7.84. The number of nitrogens with one attached hydrogen (secondary N) is 1. The number of amides is 1. The van der Waals surface area contributed by atoms with Crippen LogP contribution in [0.4, 0.5) is 0 Å². The fourth-order valence-electron chi connectivity index (χ4n) is 2.81. The molecule has 0 fully saturated rings. The Kier molecular flexibility index (Phi) is 7.13. The minimum Gasteiger partial charge on any atom is -0.497 e. The van der Waals surface area contributed by atoms with E-state index in [0.29, 0.717) is 18.1 Å². The third-order valence-electron chi connectivity index (χ3n) is 4.35. The SMILES string of the molecule is COc1cccc(-c2noc(CS(=O)CC(=O)NCCc3ccccc3C)n2)c1. The lowest BCUT2D eigenvalue weighted by Crippen LogP contribution is -2.30. The van der Waals surface area contributed by atoms with Gasteiger partial charge in [-0.3, -0.25) is 9.00 Å². The lowest BCUT2D eigenvalue weighted by molar-refractivity contribution is -0.118. The fraction of sp³-hybridized carbons (Fsp3) is 0.286. The summed E-state index contributed by atoms with van der Waals surface area (Å²) >= 11 is 0. The van der Waals surface area contributed by atoms with Crippen LogP contribution in [0.25, 0.3) is 11.4 Å². The van der Waals surface area contributed by atoms with Gasteiger partial charge in [-0.1, -0.05) is 41.6 Å². The maximum absolute atomic E-state index is 12.3. The fourth-order valence-corrected chi connectivity index (χ4v) is 3.70. The average Bonchev–Trinajstić information content (AvgIpc) is 3.17. The molecule has 1 atom stereocenters. The highest BCUT2D eigenvalue weighted by atomic mass is 32.2. The number of carbonyl (C=O) groups excluding carboxylic acids is 1. The summed E-state index contributed by atoms with van der Waals surface area (Å²) in [5.41, 5.74) is 3.11. The molecule has 3 rings (SSSR count). The van der Waals surface area contributed by atoms with Gasteiger partial charge in [0.1, 0.15) is 17.3 Å². The van der Waals surface area contributed by atoms with Crippen molar-refractivity contribution in [3.63, 3.8) is 0 Å². The second-order valence-electron chi connectivity index (χ2n) is 6.50. The molecule has 0 aliphatic heterocycles. The molecule has 8 heteroatoms. The van der Waals surface area contributed by atoms with Crippen LogP contribution in [0.5, 0.6) is 5.75 Å². The van der Waals surface area contributed by atoms with E-state index in [4.69, 9.17) is 9.26 Å². The van der Waals surface area contributed by atoms with E-state index < -0.39 is 10.8 Å². The molecule has 0 radical (unpaired) electrons. The number of hydrogen-bond acceptors (Lipinski definition) is 6. The molecular weight excluding hydrogens is 390 g/mol. The number of hydrogen-bond donors (Lipinski definition) is 1. The lowest BCUT2D eigenvalue weighted by Gasteiger charge is -2.07. The van der Waals surface area contributed by atoms with Gasteiger partial charge in [-0.25, -0.2) is 0 Å². The molecule has 1 N–H and O–H groups in total. The van der Waals surface area contributed by atoms with Crippen molar-refractivity contribution in [3.8, 4) is 17.1 Å². The third-order valence-corrected chi connectivity index (χ3v) is 5.50. The van der Waals surface area contributed by atoms with Gasteiger partial charge >= 0.3 is 0 Å². The number of carbonyl (C=O) groups is 1. The van der Waals surface area contributed by atoms with Crippen molar-refractivity contribution in [1.29, 1.82) is 0 Å². The van der Waals surface area contributed by atoms with E-state index in [1.54, 1.807) is 13.2 Å². The molecule has 0 spiro atoms. The first kappa shape index (κ1) is 20.7. The molecule has 0 bridgehead atoms. The van der Waals surface area contributed by atoms with E-state index in [1.807, 2.05) is 49.4 Å². The predicted octanol–water partition coefficient (Wildman–Crippen LogP) is 2.66. The van der Waals surface area contributed by atoms with E-state index >= 15 is 0 Å². The monoisotopic (exact) mass is 413 g/mol. The highest BCUT2D eigenvalue weighted by Crippen LogP contribution is 2.21. The Hall–Kier alpha value is -3.00. The molecule has 2 aromatic carbocycles. The van der Waals surface area contributed by atoms with Crippen molar-refractivity contribution in [2.45, 2.75) is 19.1 Å². The van der Waals surface area contributed by atoms with E-state index in [-0.39, 0.29) is 23.3 Å². The molecule has 0 aliphatic carbocycles. The number of methoxy groups -OCH3 is 1. The second-order valence-corrected chi connectivity index (χ2v) is 7.96. The number of aromatic nitrogens is 2. The first-order valence-electron chi connectivity index (χ1n) is 9.18. The summed E-state index contributed by atoms with van der Waals surface area (Å²) in [5.74, 6) is 0.962. The largest absolute Gasteiger partial charge is 0.497 e. The minimum atomic E-state index is -1.44. The van der Waals surface area contributed by atoms with Gasteiger partial charge in [0.05, 0.1) is 7.11 Å². The number of ether oxygens (including phenoxy) is 1. The Morgan fingerprint density at radius 1 is 1.21 bits per heavy atom. The van der Waals surface area contributed by atoms with Gasteiger partial charge in [0.25, 0.3) is 0 Å². The van der Waals surface area contributed by atoms with Crippen LogP contribution in [0.3, 0.4) is 0 Å². The molecule has 1 amide bonds. The molecule has 1 aromatic heterocycles. The van der Waals surface area contributed by atoms with Gasteiger partial charge < -0.3 is 14.6 Å². The minimum absolute atomic E-state index is 0.0299. The normalized spacial score (nSPS) is 11.8. The Balaban J connectivity index is 1.47. The Morgan fingerprint density at radius 2 is 2.03 bits per heavy atom. The second kappa shape index (κ2) is 9.97. The number of aryl methyl sites for hydroxylation is 1. The molecule has 1 unspecified atom stereocenters. The number of nitrogens with zero attached hydrogens (tertiary/aromatic N) is 2.